The lowest BCUT2D eigenvalue weighted by atomic mass is 10.0. The van der Waals surface area contributed by atoms with Gasteiger partial charge in [-0.1, -0.05) is 22.0 Å². The third-order valence-electron chi connectivity index (χ3n) is 4.97. The van der Waals surface area contributed by atoms with Gasteiger partial charge in [0.1, 0.15) is 5.71 Å². The van der Waals surface area contributed by atoms with Crippen molar-refractivity contribution in [1.29, 1.82) is 5.41 Å². The van der Waals surface area contributed by atoms with E-state index in [0.29, 0.717) is 17.0 Å². The Morgan fingerprint density at radius 2 is 2.19 bits per heavy atom. The average Bonchev–Trinajstić information content (AvgIpc) is 3.30. The molecule has 0 bridgehead atoms. The van der Waals surface area contributed by atoms with Gasteiger partial charge in [-0.15, -0.1) is 0 Å². The normalized spacial score (nSPS) is 15.7. The van der Waals surface area contributed by atoms with Crippen molar-refractivity contribution in [3.8, 4) is 0 Å². The minimum Gasteiger partial charge on any atom is -0.442 e. The molecule has 5 nitrogen and oxygen atoms in total. The molecule has 6 heteroatoms. The molecule has 1 aliphatic rings. The van der Waals surface area contributed by atoms with Gasteiger partial charge in [0, 0.05) is 21.4 Å². The van der Waals surface area contributed by atoms with E-state index in [4.69, 9.17) is 15.6 Å². The molecule has 26 heavy (non-hydrogen) atoms. The van der Waals surface area contributed by atoms with Crippen molar-refractivity contribution in [2.24, 2.45) is 0 Å². The lowest BCUT2D eigenvalue weighted by Crippen LogP contribution is -2.10. The molecule has 0 saturated heterocycles. The van der Waals surface area contributed by atoms with Crippen LogP contribution in [0.1, 0.15) is 40.5 Å². The Morgan fingerprint density at radius 3 is 2.96 bits per heavy atom. The molecule has 0 radical (unpaired) electrons. The number of rotatable bonds is 4. The van der Waals surface area contributed by atoms with E-state index in [1.165, 1.54) is 29.3 Å². The highest BCUT2D eigenvalue weighted by molar-refractivity contribution is 9.10. The molecule has 4 N–H and O–H groups in total. The zero-order valence-electron chi connectivity index (χ0n) is 14.3. The summed E-state index contributed by atoms with van der Waals surface area (Å²) in [4.78, 5) is 3.88. The summed E-state index contributed by atoms with van der Waals surface area (Å²) in [5.41, 5.74) is 12.5. The number of hydrogen-bond donors (Lipinski definition) is 3. The Kier molecular flexibility index (Phi) is 4.28. The molecule has 1 unspecified atom stereocenters. The predicted octanol–water partition coefficient (Wildman–Crippen LogP) is 4.84. The van der Waals surface area contributed by atoms with Crippen LogP contribution in [0.4, 0.5) is 11.4 Å². The molecule has 2 aromatic carbocycles. The number of nitrogen functional groups attached to an aromatic ring is 1. The summed E-state index contributed by atoms with van der Waals surface area (Å²) in [6.45, 7) is 2.16. The lowest BCUT2D eigenvalue weighted by molar-refractivity contribution is 0.548. The van der Waals surface area contributed by atoms with Crippen LogP contribution in [0.25, 0.3) is 0 Å². The highest BCUT2D eigenvalue weighted by Crippen LogP contribution is 2.38. The molecule has 3 aromatic rings. The molecular formula is C20H19BrN4O. The number of anilines is 2. The molecule has 0 aliphatic heterocycles. The minimum absolute atomic E-state index is 0.232. The van der Waals surface area contributed by atoms with Crippen LogP contribution in [0.15, 0.2) is 51.8 Å². The van der Waals surface area contributed by atoms with Crippen LogP contribution in [0.3, 0.4) is 0 Å². The second kappa shape index (κ2) is 6.61. The number of nitrogens with one attached hydrogen (secondary N) is 2. The molecule has 0 fully saturated rings. The second-order valence-electron chi connectivity index (χ2n) is 6.52. The van der Waals surface area contributed by atoms with Crippen LogP contribution in [0.5, 0.6) is 0 Å². The maximum atomic E-state index is 8.33. The van der Waals surface area contributed by atoms with Gasteiger partial charge in [0.2, 0.25) is 0 Å². The van der Waals surface area contributed by atoms with Crippen molar-refractivity contribution in [3.63, 3.8) is 0 Å². The minimum atomic E-state index is 0.232. The number of fused-ring (bicyclic) bond motifs is 1. The quantitative estimate of drug-likeness (QED) is 0.423. The van der Waals surface area contributed by atoms with Gasteiger partial charge in [0.25, 0.3) is 0 Å². The van der Waals surface area contributed by atoms with Crippen LogP contribution in [-0.4, -0.2) is 10.7 Å². The molecule has 1 atom stereocenters. The lowest BCUT2D eigenvalue weighted by Gasteiger charge is -2.18. The fourth-order valence-electron chi connectivity index (χ4n) is 3.54. The topological polar surface area (TPSA) is 87.9 Å². The van der Waals surface area contributed by atoms with Crippen LogP contribution in [0, 0.1) is 12.3 Å². The first-order valence-corrected chi connectivity index (χ1v) is 9.25. The van der Waals surface area contributed by atoms with E-state index >= 15 is 0 Å². The van der Waals surface area contributed by atoms with Crippen LogP contribution < -0.4 is 11.1 Å². The van der Waals surface area contributed by atoms with E-state index in [1.54, 1.807) is 0 Å². The summed E-state index contributed by atoms with van der Waals surface area (Å²) in [6, 6.07) is 10.2. The summed E-state index contributed by atoms with van der Waals surface area (Å²) in [7, 11) is 0. The molecule has 0 saturated carbocycles. The monoisotopic (exact) mass is 410 g/mol. The van der Waals surface area contributed by atoms with Crippen molar-refractivity contribution in [2.75, 3.05) is 11.1 Å². The number of benzene rings is 2. The highest BCUT2D eigenvalue weighted by atomic mass is 79.9. The maximum Gasteiger partial charge on any atom is 0.181 e. The van der Waals surface area contributed by atoms with Crippen molar-refractivity contribution in [3.05, 3.63) is 75.4 Å². The third-order valence-corrected chi connectivity index (χ3v) is 5.83. The number of aromatic nitrogens is 1. The van der Waals surface area contributed by atoms with Gasteiger partial charge >= 0.3 is 0 Å². The third kappa shape index (κ3) is 2.90. The van der Waals surface area contributed by atoms with E-state index in [9.17, 15) is 0 Å². The Balaban J connectivity index is 1.62. The van der Waals surface area contributed by atoms with Gasteiger partial charge in [0.05, 0.1) is 12.2 Å². The van der Waals surface area contributed by atoms with E-state index in [-0.39, 0.29) is 11.8 Å². The van der Waals surface area contributed by atoms with Gasteiger partial charge < -0.3 is 15.5 Å². The SMILES string of the molecule is Cc1c(Br)ccc2c1CCC2Nc1ccc(N)c(C(=N)c2cnco2)c1. The van der Waals surface area contributed by atoms with Crippen LogP contribution in [-0.2, 0) is 6.42 Å². The highest BCUT2D eigenvalue weighted by Gasteiger charge is 2.24. The Hall–Kier alpha value is -2.60. The molecule has 1 aliphatic carbocycles. The molecule has 1 aromatic heterocycles. The number of hydrogen-bond acceptors (Lipinski definition) is 5. The Bertz CT molecular complexity index is 982. The summed E-state index contributed by atoms with van der Waals surface area (Å²) in [5, 5.41) is 11.9. The summed E-state index contributed by atoms with van der Waals surface area (Å²) in [6.07, 6.45) is 4.95. The smallest absolute Gasteiger partial charge is 0.181 e. The Labute approximate surface area is 160 Å². The summed E-state index contributed by atoms with van der Waals surface area (Å²) >= 11 is 3.62. The van der Waals surface area contributed by atoms with Gasteiger partial charge in [-0.25, -0.2) is 4.98 Å². The van der Waals surface area contributed by atoms with Crippen molar-refractivity contribution in [1.82, 2.24) is 4.98 Å². The summed E-state index contributed by atoms with van der Waals surface area (Å²) < 4.78 is 6.39. The molecule has 1 heterocycles. The zero-order chi connectivity index (χ0) is 18.3. The van der Waals surface area contributed by atoms with E-state index < -0.39 is 0 Å². The zero-order valence-corrected chi connectivity index (χ0v) is 15.9. The number of nitrogens with two attached hydrogens (primary N) is 1. The van der Waals surface area contributed by atoms with E-state index in [1.807, 2.05) is 18.2 Å². The fourth-order valence-corrected chi connectivity index (χ4v) is 3.91. The molecule has 0 spiro atoms. The fraction of sp³-hybridized carbons (Fsp3) is 0.200. The average molecular weight is 411 g/mol. The first kappa shape index (κ1) is 16.8. The van der Waals surface area contributed by atoms with Crippen molar-refractivity contribution < 1.29 is 4.42 Å². The molecule has 0 amide bonds. The van der Waals surface area contributed by atoms with Crippen molar-refractivity contribution >= 4 is 33.0 Å². The van der Waals surface area contributed by atoms with E-state index in [2.05, 4.69) is 45.3 Å². The standard InChI is InChI=1S/C20H19BrN4O/c1-11-13-4-7-18(14(13)3-5-16(11)21)25-12-2-6-17(22)15(8-12)20(23)19-9-24-10-26-19/h2-3,5-6,8-10,18,23,25H,4,7,22H2,1H3. The number of nitrogens with zero attached hydrogens (tertiary/aromatic N) is 1. The maximum absolute atomic E-state index is 8.33. The van der Waals surface area contributed by atoms with Gasteiger partial charge in [-0.05, 0) is 60.7 Å². The largest absolute Gasteiger partial charge is 0.442 e. The first-order valence-electron chi connectivity index (χ1n) is 8.46. The van der Waals surface area contributed by atoms with Gasteiger partial charge in [0.15, 0.2) is 12.2 Å². The van der Waals surface area contributed by atoms with Crippen LogP contribution in [0.2, 0.25) is 0 Å². The number of halogens is 1. The number of oxazole rings is 1. The van der Waals surface area contributed by atoms with Crippen LogP contribution >= 0.6 is 15.9 Å². The second-order valence-corrected chi connectivity index (χ2v) is 7.37. The van der Waals surface area contributed by atoms with E-state index in [0.717, 1.165) is 23.0 Å². The Morgan fingerprint density at radius 1 is 1.35 bits per heavy atom. The van der Waals surface area contributed by atoms with Gasteiger partial charge in [-0.2, -0.15) is 0 Å². The molecular weight excluding hydrogens is 392 g/mol. The van der Waals surface area contributed by atoms with Crippen molar-refractivity contribution in [2.45, 2.75) is 25.8 Å². The summed E-state index contributed by atoms with van der Waals surface area (Å²) in [5.74, 6) is 0.403. The predicted molar refractivity (Wildman–Crippen MR) is 107 cm³/mol. The first-order chi connectivity index (χ1) is 12.5. The van der Waals surface area contributed by atoms with Gasteiger partial charge in [-0.3, -0.25) is 5.41 Å². The molecule has 132 valence electrons. The molecule has 4 rings (SSSR count).